The number of rotatable bonds is 2. The second-order valence-corrected chi connectivity index (χ2v) is 6.84. The predicted octanol–water partition coefficient (Wildman–Crippen LogP) is 4.25. The summed E-state index contributed by atoms with van der Waals surface area (Å²) in [5.74, 6) is -2.52. The average molecular weight is 356 g/mol. The van der Waals surface area contributed by atoms with Crippen molar-refractivity contribution in [3.05, 3.63) is 63.5 Å². The third-order valence-electron chi connectivity index (χ3n) is 5.03. The Morgan fingerprint density at radius 1 is 1.12 bits per heavy atom. The van der Waals surface area contributed by atoms with E-state index in [2.05, 4.69) is 0 Å². The maximum Gasteiger partial charge on any atom is 0.351 e. The van der Waals surface area contributed by atoms with Crippen molar-refractivity contribution in [3.8, 4) is 16.9 Å². The Morgan fingerprint density at radius 3 is 2.50 bits per heavy atom. The summed E-state index contributed by atoms with van der Waals surface area (Å²) >= 11 is 0. The summed E-state index contributed by atoms with van der Waals surface area (Å²) in [7, 11) is 0. The Balaban J connectivity index is 2.08. The molecule has 0 amide bonds. The van der Waals surface area contributed by atoms with Crippen LogP contribution in [-0.2, 0) is 5.41 Å². The smallest absolute Gasteiger partial charge is 0.351 e. The number of halogens is 2. The molecule has 4 nitrogen and oxygen atoms in total. The van der Waals surface area contributed by atoms with Crippen LogP contribution in [0.4, 0.5) is 8.78 Å². The topological polar surface area (TPSA) is 67.5 Å². The van der Waals surface area contributed by atoms with Gasteiger partial charge in [-0.05, 0) is 34.4 Å². The molecule has 1 aliphatic rings. The number of benzene rings is 2. The normalized spacial score (nSPS) is 14.5. The van der Waals surface area contributed by atoms with Gasteiger partial charge in [-0.1, -0.05) is 38.1 Å². The molecule has 0 unspecified atom stereocenters. The first-order chi connectivity index (χ1) is 12.2. The van der Waals surface area contributed by atoms with Crippen molar-refractivity contribution in [3.63, 3.8) is 0 Å². The molecule has 1 heterocycles. The lowest BCUT2D eigenvalue weighted by molar-refractivity contribution is 0.0671. The maximum atomic E-state index is 12.8. The van der Waals surface area contributed by atoms with Crippen molar-refractivity contribution in [2.75, 3.05) is 0 Å². The summed E-state index contributed by atoms with van der Waals surface area (Å²) in [6, 6.07) is 11.0. The predicted molar refractivity (Wildman–Crippen MR) is 92.0 cm³/mol. The van der Waals surface area contributed by atoms with Crippen LogP contribution in [0.25, 0.3) is 22.1 Å². The van der Waals surface area contributed by atoms with E-state index < -0.39 is 34.6 Å². The minimum atomic E-state index is -3.41. The highest BCUT2D eigenvalue weighted by atomic mass is 19.3. The van der Waals surface area contributed by atoms with Gasteiger partial charge in [-0.15, -0.1) is 0 Å². The fourth-order valence-corrected chi connectivity index (χ4v) is 3.71. The number of aromatic hydroxyl groups is 1. The van der Waals surface area contributed by atoms with Gasteiger partial charge in [0.05, 0.1) is 5.39 Å². The van der Waals surface area contributed by atoms with Crippen molar-refractivity contribution in [1.82, 2.24) is 0 Å². The van der Waals surface area contributed by atoms with Crippen LogP contribution in [0.2, 0.25) is 0 Å². The van der Waals surface area contributed by atoms with Crippen LogP contribution in [0, 0.1) is 0 Å². The molecular weight excluding hydrogens is 342 g/mol. The molecule has 132 valence electrons. The molecule has 0 spiro atoms. The molecule has 0 aliphatic heterocycles. The van der Waals surface area contributed by atoms with Gasteiger partial charge in [-0.25, -0.2) is 13.6 Å². The number of hydrogen-bond acceptors (Lipinski definition) is 4. The highest BCUT2D eigenvalue weighted by molar-refractivity contribution is 6.05. The van der Waals surface area contributed by atoms with Crippen LogP contribution in [0.1, 0.15) is 35.3 Å². The van der Waals surface area contributed by atoms with E-state index in [0.717, 1.165) is 22.3 Å². The molecule has 1 aromatic heterocycles. The third kappa shape index (κ3) is 2.05. The largest absolute Gasteiger partial charge is 0.506 e. The Hall–Kier alpha value is -3.02. The fourth-order valence-electron chi connectivity index (χ4n) is 3.71. The fraction of sp³-hybridized carbons (Fsp3) is 0.200. The van der Waals surface area contributed by atoms with E-state index in [9.17, 15) is 23.5 Å². The Morgan fingerprint density at radius 2 is 1.81 bits per heavy atom. The van der Waals surface area contributed by atoms with Crippen LogP contribution in [0.3, 0.4) is 0 Å². The van der Waals surface area contributed by atoms with Gasteiger partial charge < -0.3 is 9.52 Å². The molecule has 0 saturated heterocycles. The number of carbonyl (C=O) groups excluding carboxylic acids is 1. The van der Waals surface area contributed by atoms with Gasteiger partial charge in [0.2, 0.25) is 5.78 Å². The van der Waals surface area contributed by atoms with Crippen LogP contribution in [0.15, 0.2) is 45.6 Å². The molecule has 0 bridgehead atoms. The first kappa shape index (κ1) is 16.4. The second-order valence-electron chi connectivity index (χ2n) is 6.84. The standard InChI is InChI=1S/C20H14F2O4/c1-20(2)12-6-4-3-5-9(12)10-8-14-11(7-13(10)20)16(23)15(19(25)26-14)17(24)18(21)22/h3-8,18,23H,1-2H3. The van der Waals surface area contributed by atoms with E-state index in [1.54, 1.807) is 12.1 Å². The molecule has 0 saturated carbocycles. The van der Waals surface area contributed by atoms with Crippen LogP contribution in [0.5, 0.6) is 5.75 Å². The number of carbonyl (C=O) groups is 1. The minimum Gasteiger partial charge on any atom is -0.506 e. The van der Waals surface area contributed by atoms with E-state index in [1.165, 1.54) is 0 Å². The van der Waals surface area contributed by atoms with Crippen LogP contribution < -0.4 is 5.63 Å². The SMILES string of the molecule is CC1(C)c2ccccc2-c2cc3oc(=O)c(C(=O)C(F)F)c(O)c3cc21. The van der Waals surface area contributed by atoms with E-state index >= 15 is 0 Å². The molecule has 1 aliphatic carbocycles. The van der Waals surface area contributed by atoms with Gasteiger partial charge in [0, 0.05) is 5.41 Å². The van der Waals surface area contributed by atoms with Gasteiger partial charge in [-0.2, -0.15) is 0 Å². The highest BCUT2D eigenvalue weighted by Gasteiger charge is 2.36. The first-order valence-electron chi connectivity index (χ1n) is 8.00. The van der Waals surface area contributed by atoms with Gasteiger partial charge in [0.25, 0.3) is 0 Å². The van der Waals surface area contributed by atoms with E-state index in [1.807, 2.05) is 38.1 Å². The molecule has 0 radical (unpaired) electrons. The van der Waals surface area contributed by atoms with Crippen molar-refractivity contribution >= 4 is 16.8 Å². The monoisotopic (exact) mass is 356 g/mol. The van der Waals surface area contributed by atoms with Crippen molar-refractivity contribution in [2.45, 2.75) is 25.7 Å². The molecule has 1 N–H and O–H groups in total. The Kier molecular flexibility index (Phi) is 3.31. The molecule has 2 aromatic carbocycles. The molecule has 4 rings (SSSR count). The summed E-state index contributed by atoms with van der Waals surface area (Å²) in [4.78, 5) is 23.6. The number of Topliss-reactive ketones (excluding diaryl/α,β-unsaturated/α-hetero) is 1. The molecule has 0 atom stereocenters. The summed E-state index contributed by atoms with van der Waals surface area (Å²) in [6.07, 6.45) is -3.41. The van der Waals surface area contributed by atoms with Crippen LogP contribution in [-0.4, -0.2) is 17.3 Å². The zero-order valence-electron chi connectivity index (χ0n) is 14.0. The summed E-state index contributed by atoms with van der Waals surface area (Å²) in [5.41, 5.74) is 1.10. The van der Waals surface area contributed by atoms with Gasteiger partial charge in [0.1, 0.15) is 11.3 Å². The molecular formula is C20H14F2O4. The maximum absolute atomic E-state index is 12.8. The second kappa shape index (κ2) is 5.24. The lowest BCUT2D eigenvalue weighted by Gasteiger charge is -2.21. The number of ketones is 1. The molecule has 6 heteroatoms. The third-order valence-corrected chi connectivity index (χ3v) is 5.03. The van der Waals surface area contributed by atoms with E-state index in [4.69, 9.17) is 4.42 Å². The van der Waals surface area contributed by atoms with E-state index in [-0.39, 0.29) is 11.0 Å². The van der Waals surface area contributed by atoms with Crippen molar-refractivity contribution in [1.29, 1.82) is 0 Å². The van der Waals surface area contributed by atoms with E-state index in [0.29, 0.717) is 0 Å². The summed E-state index contributed by atoms with van der Waals surface area (Å²) in [5, 5.41) is 10.4. The van der Waals surface area contributed by atoms with Crippen molar-refractivity contribution < 1.29 is 23.1 Å². The number of alkyl halides is 2. The van der Waals surface area contributed by atoms with Gasteiger partial charge in [0.15, 0.2) is 5.56 Å². The highest BCUT2D eigenvalue weighted by Crippen LogP contribution is 2.50. The lowest BCUT2D eigenvalue weighted by Crippen LogP contribution is -2.20. The number of hydrogen-bond donors (Lipinski definition) is 1. The van der Waals surface area contributed by atoms with Crippen LogP contribution >= 0.6 is 0 Å². The Labute approximate surface area is 146 Å². The zero-order chi connectivity index (χ0) is 18.8. The molecule has 3 aromatic rings. The lowest BCUT2D eigenvalue weighted by atomic mass is 9.82. The minimum absolute atomic E-state index is 0.0459. The molecule has 0 fully saturated rings. The summed E-state index contributed by atoms with van der Waals surface area (Å²) < 4.78 is 30.6. The summed E-state index contributed by atoms with van der Waals surface area (Å²) in [6.45, 7) is 4.01. The molecule has 26 heavy (non-hydrogen) atoms. The first-order valence-corrected chi connectivity index (χ1v) is 8.00. The average Bonchev–Trinajstić information content (AvgIpc) is 2.81. The Bertz CT molecular complexity index is 1140. The van der Waals surface area contributed by atoms with Gasteiger partial charge in [-0.3, -0.25) is 4.79 Å². The van der Waals surface area contributed by atoms with Crippen molar-refractivity contribution in [2.24, 2.45) is 0 Å². The van der Waals surface area contributed by atoms with Gasteiger partial charge >= 0.3 is 12.1 Å². The zero-order valence-corrected chi connectivity index (χ0v) is 14.0. The number of fused-ring (bicyclic) bond motifs is 4. The quantitative estimate of drug-likeness (QED) is 0.550.